The predicted molar refractivity (Wildman–Crippen MR) is 113 cm³/mol. The monoisotopic (exact) mass is 378 g/mol. The molecule has 1 N–H and O–H groups in total. The number of likely N-dealkylation sites (N-methyl/N-ethyl adjacent to an activating group) is 1. The van der Waals surface area contributed by atoms with E-state index in [9.17, 15) is 0 Å². The summed E-state index contributed by atoms with van der Waals surface area (Å²) in [5.41, 5.74) is 2.07. The van der Waals surface area contributed by atoms with E-state index in [4.69, 9.17) is 19.5 Å². The molecular formula is C22H26N4O2. The number of anilines is 1. The van der Waals surface area contributed by atoms with Crippen LogP contribution in [-0.4, -0.2) is 57.1 Å². The Morgan fingerprint density at radius 2 is 2.04 bits per heavy atom. The first kappa shape index (κ1) is 18.5. The van der Waals surface area contributed by atoms with E-state index < -0.39 is 0 Å². The van der Waals surface area contributed by atoms with Gasteiger partial charge in [-0.25, -0.2) is 0 Å². The van der Waals surface area contributed by atoms with Crippen molar-refractivity contribution in [1.29, 1.82) is 0 Å². The molecule has 0 spiro atoms. The van der Waals surface area contributed by atoms with Gasteiger partial charge in [0.1, 0.15) is 17.3 Å². The summed E-state index contributed by atoms with van der Waals surface area (Å²) in [6.45, 7) is 1.64. The Morgan fingerprint density at radius 3 is 2.79 bits per heavy atom. The van der Waals surface area contributed by atoms with Gasteiger partial charge in [0.05, 0.1) is 38.1 Å². The van der Waals surface area contributed by atoms with Crippen molar-refractivity contribution in [3.8, 4) is 5.75 Å². The number of fused-ring (bicyclic) bond motifs is 5. The first-order chi connectivity index (χ1) is 13.6. The van der Waals surface area contributed by atoms with Crippen molar-refractivity contribution in [2.75, 3.05) is 46.7 Å². The van der Waals surface area contributed by atoms with Crippen molar-refractivity contribution in [3.05, 3.63) is 54.1 Å². The summed E-state index contributed by atoms with van der Waals surface area (Å²) < 4.78 is 10.8. The molecule has 0 saturated carbocycles. The number of nitrogens with one attached hydrogen (secondary N) is 1. The molecule has 6 nitrogen and oxygen atoms in total. The summed E-state index contributed by atoms with van der Waals surface area (Å²) in [5.74, 6) is 2.88. The van der Waals surface area contributed by atoms with Gasteiger partial charge in [0.2, 0.25) is 0 Å². The molecule has 2 atom stereocenters. The van der Waals surface area contributed by atoms with E-state index in [2.05, 4.69) is 42.5 Å². The molecule has 0 bridgehead atoms. The zero-order valence-corrected chi connectivity index (χ0v) is 16.8. The molecule has 4 rings (SSSR count). The maximum atomic E-state index is 5.46. The lowest BCUT2D eigenvalue weighted by molar-refractivity contribution is 0.300. The summed E-state index contributed by atoms with van der Waals surface area (Å²) in [7, 11) is 7.49. The summed E-state index contributed by atoms with van der Waals surface area (Å²) >= 11 is 0. The van der Waals surface area contributed by atoms with Gasteiger partial charge < -0.3 is 19.7 Å². The number of rotatable bonds is 5. The number of amidine groups is 1. The van der Waals surface area contributed by atoms with E-state index in [0.717, 1.165) is 52.6 Å². The Kier molecular flexibility index (Phi) is 5.05. The number of benzene rings is 1. The lowest BCUT2D eigenvalue weighted by Crippen LogP contribution is -2.35. The Labute approximate surface area is 165 Å². The quantitative estimate of drug-likeness (QED) is 0.864. The van der Waals surface area contributed by atoms with Gasteiger partial charge in [0.25, 0.3) is 0 Å². The van der Waals surface area contributed by atoms with Crippen LogP contribution in [0.25, 0.3) is 10.8 Å². The highest BCUT2D eigenvalue weighted by Gasteiger charge is 2.35. The van der Waals surface area contributed by atoms with Crippen molar-refractivity contribution in [2.45, 2.75) is 5.92 Å². The zero-order valence-electron chi connectivity index (χ0n) is 16.8. The highest BCUT2D eigenvalue weighted by Crippen LogP contribution is 2.43. The van der Waals surface area contributed by atoms with Crippen LogP contribution in [0.3, 0.4) is 0 Å². The first-order valence-electron chi connectivity index (χ1n) is 9.47. The van der Waals surface area contributed by atoms with Gasteiger partial charge in [-0.1, -0.05) is 6.08 Å². The zero-order chi connectivity index (χ0) is 19.7. The van der Waals surface area contributed by atoms with Crippen LogP contribution in [0.1, 0.15) is 11.6 Å². The van der Waals surface area contributed by atoms with E-state index in [-0.39, 0.29) is 11.8 Å². The second-order valence-electron chi connectivity index (χ2n) is 7.35. The summed E-state index contributed by atoms with van der Waals surface area (Å²) in [5, 5.41) is 5.76. The molecule has 2 heterocycles. The number of pyridine rings is 1. The molecule has 0 saturated heterocycles. The Bertz CT molecular complexity index is 978. The van der Waals surface area contributed by atoms with Crippen molar-refractivity contribution in [3.63, 3.8) is 0 Å². The minimum atomic E-state index is 0.0952. The normalized spacial score (nSPS) is 21.9. The van der Waals surface area contributed by atoms with Gasteiger partial charge in [-0.3, -0.25) is 9.98 Å². The van der Waals surface area contributed by atoms with Gasteiger partial charge >= 0.3 is 0 Å². The van der Waals surface area contributed by atoms with Crippen molar-refractivity contribution < 1.29 is 9.47 Å². The lowest BCUT2D eigenvalue weighted by Gasteiger charge is -2.34. The minimum absolute atomic E-state index is 0.0952. The molecule has 1 aliphatic carbocycles. The van der Waals surface area contributed by atoms with Crippen LogP contribution in [0.5, 0.6) is 5.75 Å². The molecule has 1 aromatic carbocycles. The SMILES string of the molecule is COC1=CC2C(=NCCN(C)C)Nc3c(ncc4cc(OC)ccc34)C2C=C1. The number of allylic oxidation sites excluding steroid dienone is 2. The molecule has 28 heavy (non-hydrogen) atoms. The van der Waals surface area contributed by atoms with Crippen molar-refractivity contribution >= 4 is 22.3 Å². The number of hydrogen-bond donors (Lipinski definition) is 1. The Hall–Kier alpha value is -2.86. The molecule has 0 fully saturated rings. The van der Waals surface area contributed by atoms with Gasteiger partial charge in [0.15, 0.2) is 0 Å². The summed E-state index contributed by atoms with van der Waals surface area (Å²) in [4.78, 5) is 11.8. The highest BCUT2D eigenvalue weighted by molar-refractivity contribution is 6.09. The fourth-order valence-electron chi connectivity index (χ4n) is 3.76. The first-order valence-corrected chi connectivity index (χ1v) is 9.47. The van der Waals surface area contributed by atoms with E-state index in [0.29, 0.717) is 0 Å². The van der Waals surface area contributed by atoms with E-state index in [1.807, 2.05) is 24.4 Å². The van der Waals surface area contributed by atoms with Crippen LogP contribution in [0.2, 0.25) is 0 Å². The predicted octanol–water partition coefficient (Wildman–Crippen LogP) is 3.43. The largest absolute Gasteiger partial charge is 0.497 e. The topological polar surface area (TPSA) is 59.0 Å². The van der Waals surface area contributed by atoms with Gasteiger partial charge in [-0.05, 0) is 44.4 Å². The third kappa shape index (κ3) is 3.36. The van der Waals surface area contributed by atoms with Crippen LogP contribution in [0, 0.1) is 5.92 Å². The molecule has 146 valence electrons. The average molecular weight is 378 g/mol. The maximum absolute atomic E-state index is 5.46. The van der Waals surface area contributed by atoms with Crippen LogP contribution in [0.15, 0.2) is 53.4 Å². The molecule has 2 unspecified atom stereocenters. The van der Waals surface area contributed by atoms with Gasteiger partial charge in [-0.15, -0.1) is 0 Å². The minimum Gasteiger partial charge on any atom is -0.497 e. The van der Waals surface area contributed by atoms with Gasteiger partial charge in [-0.2, -0.15) is 0 Å². The number of aromatic nitrogens is 1. The molecule has 1 aromatic heterocycles. The van der Waals surface area contributed by atoms with Crippen LogP contribution in [0.4, 0.5) is 5.69 Å². The van der Waals surface area contributed by atoms with Gasteiger partial charge in [0, 0.05) is 29.4 Å². The molecule has 2 aromatic rings. The average Bonchev–Trinajstić information content (AvgIpc) is 2.72. The molecular weight excluding hydrogens is 352 g/mol. The highest BCUT2D eigenvalue weighted by atomic mass is 16.5. The fourth-order valence-corrected chi connectivity index (χ4v) is 3.76. The fraction of sp³-hybridized carbons (Fsp3) is 0.364. The van der Waals surface area contributed by atoms with Crippen molar-refractivity contribution in [1.82, 2.24) is 9.88 Å². The van der Waals surface area contributed by atoms with Crippen LogP contribution >= 0.6 is 0 Å². The molecule has 2 aliphatic rings. The van der Waals surface area contributed by atoms with Crippen molar-refractivity contribution in [2.24, 2.45) is 10.9 Å². The second kappa shape index (κ2) is 7.64. The smallest absolute Gasteiger partial charge is 0.119 e. The maximum Gasteiger partial charge on any atom is 0.119 e. The molecule has 6 heteroatoms. The number of aliphatic imine (C=N–C) groups is 1. The molecule has 0 amide bonds. The van der Waals surface area contributed by atoms with Crippen LogP contribution in [-0.2, 0) is 4.74 Å². The third-order valence-corrected chi connectivity index (χ3v) is 5.28. The third-order valence-electron chi connectivity index (χ3n) is 5.28. The van der Waals surface area contributed by atoms with Crippen LogP contribution < -0.4 is 10.1 Å². The standard InChI is InChI=1S/C22H26N4O2/c1-26(2)10-9-23-22-19-12-16(28-4)6-8-18(19)20-21(25-22)17-7-5-15(27-3)11-14(17)13-24-20/h5-8,11-13,18-19H,9-10H2,1-4H3,(H,23,25). The van der Waals surface area contributed by atoms with E-state index >= 15 is 0 Å². The number of nitrogens with zero attached hydrogens (tertiary/aromatic N) is 3. The summed E-state index contributed by atoms with van der Waals surface area (Å²) in [6, 6.07) is 6.08. The Balaban J connectivity index is 1.80. The summed E-state index contributed by atoms with van der Waals surface area (Å²) in [6.07, 6.45) is 8.25. The Morgan fingerprint density at radius 1 is 1.18 bits per heavy atom. The molecule has 0 radical (unpaired) electrons. The second-order valence-corrected chi connectivity index (χ2v) is 7.35. The lowest BCUT2D eigenvalue weighted by atomic mass is 9.80. The number of methoxy groups -OCH3 is 2. The number of hydrogen-bond acceptors (Lipinski definition) is 5. The van der Waals surface area contributed by atoms with E-state index in [1.54, 1.807) is 14.2 Å². The molecule has 1 aliphatic heterocycles. The van der Waals surface area contributed by atoms with E-state index in [1.165, 1.54) is 0 Å². The number of ether oxygens (including phenoxy) is 2.